The van der Waals surface area contributed by atoms with Crippen LogP contribution in [0.25, 0.3) is 11.4 Å². The lowest BCUT2D eigenvalue weighted by atomic mass is 10.1. The highest BCUT2D eigenvalue weighted by Gasteiger charge is 2.31. The number of ether oxygens (including phenoxy) is 1. The van der Waals surface area contributed by atoms with Crippen LogP contribution in [0.4, 0.5) is 5.69 Å². The van der Waals surface area contributed by atoms with E-state index in [9.17, 15) is 4.79 Å². The monoisotopic (exact) mass is 412 g/mol. The Labute approximate surface area is 173 Å². The quantitative estimate of drug-likeness (QED) is 0.665. The number of carbonyl (C=O) groups is 1. The third-order valence-corrected chi connectivity index (χ3v) is 4.85. The molecule has 2 aromatic carbocycles. The predicted molar refractivity (Wildman–Crippen MR) is 110 cm³/mol. The van der Waals surface area contributed by atoms with Crippen molar-refractivity contribution in [1.29, 1.82) is 0 Å². The molecular weight excluding hydrogens is 392 g/mol. The number of nitrogens with zero attached hydrogens (tertiary/aromatic N) is 3. The van der Waals surface area contributed by atoms with Gasteiger partial charge in [0.25, 0.3) is 5.91 Å². The van der Waals surface area contributed by atoms with Gasteiger partial charge in [0.1, 0.15) is 5.75 Å². The van der Waals surface area contributed by atoms with Crippen LogP contribution in [0.1, 0.15) is 19.2 Å². The minimum Gasteiger partial charge on any atom is -0.477 e. The SMILES string of the molecule is CCCNC(=O)[C@@H]1CN(Cc2nc(-c3ccc(Cl)cc3)no2)c2ccccc2O1. The van der Waals surface area contributed by atoms with Gasteiger partial charge in [-0.05, 0) is 42.8 Å². The summed E-state index contributed by atoms with van der Waals surface area (Å²) in [6.07, 6.45) is 0.268. The van der Waals surface area contributed by atoms with Crippen molar-refractivity contribution in [3.05, 3.63) is 59.4 Å². The molecule has 4 rings (SSSR count). The fraction of sp³-hybridized carbons (Fsp3) is 0.286. The second kappa shape index (κ2) is 8.53. The zero-order valence-electron chi connectivity index (χ0n) is 16.0. The van der Waals surface area contributed by atoms with Gasteiger partial charge in [-0.2, -0.15) is 4.98 Å². The van der Waals surface area contributed by atoms with Crippen molar-refractivity contribution in [1.82, 2.24) is 15.5 Å². The number of benzene rings is 2. The molecule has 1 aliphatic heterocycles. The van der Waals surface area contributed by atoms with Crippen LogP contribution in [0.15, 0.2) is 53.1 Å². The molecule has 0 unspecified atom stereocenters. The van der Waals surface area contributed by atoms with Gasteiger partial charge in [-0.1, -0.05) is 35.8 Å². The Kier molecular flexibility index (Phi) is 5.67. The van der Waals surface area contributed by atoms with Crippen molar-refractivity contribution in [2.45, 2.75) is 26.0 Å². The molecule has 1 amide bonds. The molecule has 0 spiro atoms. The zero-order valence-corrected chi connectivity index (χ0v) is 16.7. The minimum atomic E-state index is -0.602. The normalized spacial score (nSPS) is 15.5. The Balaban J connectivity index is 1.54. The van der Waals surface area contributed by atoms with E-state index in [0.717, 1.165) is 17.7 Å². The fourth-order valence-corrected chi connectivity index (χ4v) is 3.28. The molecule has 0 saturated heterocycles. The molecule has 0 radical (unpaired) electrons. The van der Waals surface area contributed by atoms with Gasteiger partial charge in [0.05, 0.1) is 18.8 Å². The van der Waals surface area contributed by atoms with Crippen molar-refractivity contribution in [3.63, 3.8) is 0 Å². The number of hydrogen-bond donors (Lipinski definition) is 1. The highest BCUT2D eigenvalue weighted by molar-refractivity contribution is 6.30. The maximum absolute atomic E-state index is 12.5. The Hall–Kier alpha value is -3.06. The molecular formula is C21H21ClN4O3. The van der Waals surface area contributed by atoms with Crippen LogP contribution < -0.4 is 15.0 Å². The summed E-state index contributed by atoms with van der Waals surface area (Å²) in [7, 11) is 0. The van der Waals surface area contributed by atoms with E-state index in [1.165, 1.54) is 0 Å². The molecule has 1 atom stereocenters. The Morgan fingerprint density at radius 2 is 2.03 bits per heavy atom. The van der Waals surface area contributed by atoms with Gasteiger partial charge in [0, 0.05) is 17.1 Å². The van der Waals surface area contributed by atoms with Crippen molar-refractivity contribution in [2.75, 3.05) is 18.0 Å². The van der Waals surface area contributed by atoms with E-state index < -0.39 is 6.10 Å². The van der Waals surface area contributed by atoms with Crippen LogP contribution in [-0.2, 0) is 11.3 Å². The highest BCUT2D eigenvalue weighted by atomic mass is 35.5. The van der Waals surface area contributed by atoms with Gasteiger partial charge >= 0.3 is 0 Å². The largest absolute Gasteiger partial charge is 0.477 e. The van der Waals surface area contributed by atoms with E-state index in [1.807, 2.05) is 48.2 Å². The minimum absolute atomic E-state index is 0.126. The first-order valence-electron chi connectivity index (χ1n) is 9.51. The molecule has 2 heterocycles. The molecule has 0 fully saturated rings. The number of nitrogens with one attached hydrogen (secondary N) is 1. The number of carbonyl (C=O) groups excluding carboxylic acids is 1. The maximum Gasteiger partial charge on any atom is 0.262 e. The highest BCUT2D eigenvalue weighted by Crippen LogP contribution is 2.34. The third kappa shape index (κ3) is 4.35. The molecule has 8 heteroatoms. The first kappa shape index (κ1) is 19.3. The molecule has 1 aliphatic rings. The van der Waals surface area contributed by atoms with Crippen LogP contribution in [0.3, 0.4) is 0 Å². The molecule has 0 aliphatic carbocycles. The number of fused-ring (bicyclic) bond motifs is 1. The van der Waals surface area contributed by atoms with Gasteiger partial charge in [-0.3, -0.25) is 4.79 Å². The third-order valence-electron chi connectivity index (χ3n) is 4.60. The lowest BCUT2D eigenvalue weighted by molar-refractivity contribution is -0.127. The molecule has 1 aromatic heterocycles. The van der Waals surface area contributed by atoms with Crippen LogP contribution in [0, 0.1) is 0 Å². The Bertz CT molecular complexity index is 990. The lowest BCUT2D eigenvalue weighted by Gasteiger charge is -2.34. The van der Waals surface area contributed by atoms with Crippen molar-refractivity contribution in [2.24, 2.45) is 0 Å². The second-order valence-electron chi connectivity index (χ2n) is 6.76. The van der Waals surface area contributed by atoms with Gasteiger partial charge in [-0.15, -0.1) is 0 Å². The number of halogens is 1. The van der Waals surface area contributed by atoms with E-state index in [2.05, 4.69) is 15.5 Å². The summed E-state index contributed by atoms with van der Waals surface area (Å²) < 4.78 is 11.4. The first-order chi connectivity index (χ1) is 14.1. The molecule has 0 saturated carbocycles. The Morgan fingerprint density at radius 1 is 1.24 bits per heavy atom. The number of anilines is 1. The summed E-state index contributed by atoms with van der Waals surface area (Å²) in [5.41, 5.74) is 1.71. The summed E-state index contributed by atoms with van der Waals surface area (Å²) >= 11 is 5.94. The lowest BCUT2D eigenvalue weighted by Crippen LogP contribution is -2.48. The number of amides is 1. The van der Waals surface area contributed by atoms with Crippen LogP contribution in [-0.4, -0.2) is 35.2 Å². The van der Waals surface area contributed by atoms with Crippen molar-refractivity contribution >= 4 is 23.2 Å². The van der Waals surface area contributed by atoms with Gasteiger partial charge in [-0.25, -0.2) is 0 Å². The van der Waals surface area contributed by atoms with Crippen LogP contribution >= 0.6 is 11.6 Å². The summed E-state index contributed by atoms with van der Waals surface area (Å²) in [6, 6.07) is 14.9. The van der Waals surface area contributed by atoms with Gasteiger partial charge in [0.2, 0.25) is 11.7 Å². The number of rotatable bonds is 6. The van der Waals surface area contributed by atoms with Gasteiger partial charge in [0.15, 0.2) is 6.10 Å². The average Bonchev–Trinajstić information content (AvgIpc) is 3.21. The number of aromatic nitrogens is 2. The van der Waals surface area contributed by atoms with E-state index in [1.54, 1.807) is 12.1 Å². The molecule has 150 valence electrons. The summed E-state index contributed by atoms with van der Waals surface area (Å²) in [5, 5.41) is 7.61. The van der Waals surface area contributed by atoms with Crippen molar-refractivity contribution < 1.29 is 14.1 Å². The summed E-state index contributed by atoms with van der Waals surface area (Å²) in [5.74, 6) is 1.49. The van der Waals surface area contributed by atoms with E-state index in [4.69, 9.17) is 20.9 Å². The number of hydrogen-bond acceptors (Lipinski definition) is 6. The van der Waals surface area contributed by atoms with Crippen LogP contribution in [0.2, 0.25) is 5.02 Å². The molecule has 7 nitrogen and oxygen atoms in total. The topological polar surface area (TPSA) is 80.5 Å². The second-order valence-corrected chi connectivity index (χ2v) is 7.20. The average molecular weight is 413 g/mol. The summed E-state index contributed by atoms with van der Waals surface area (Å²) in [4.78, 5) is 19.0. The zero-order chi connectivity index (χ0) is 20.2. The first-order valence-corrected chi connectivity index (χ1v) is 9.88. The van der Waals surface area contributed by atoms with E-state index in [0.29, 0.717) is 42.1 Å². The van der Waals surface area contributed by atoms with E-state index >= 15 is 0 Å². The number of para-hydroxylation sites is 2. The molecule has 29 heavy (non-hydrogen) atoms. The van der Waals surface area contributed by atoms with Crippen LogP contribution in [0.5, 0.6) is 5.75 Å². The van der Waals surface area contributed by atoms with Gasteiger partial charge < -0.3 is 19.5 Å². The fourth-order valence-electron chi connectivity index (χ4n) is 3.15. The summed E-state index contributed by atoms with van der Waals surface area (Å²) in [6.45, 7) is 3.40. The van der Waals surface area contributed by atoms with E-state index in [-0.39, 0.29) is 5.91 Å². The predicted octanol–water partition coefficient (Wildman–Crippen LogP) is 3.68. The molecule has 3 aromatic rings. The maximum atomic E-state index is 12.5. The van der Waals surface area contributed by atoms with Crippen molar-refractivity contribution in [3.8, 4) is 17.1 Å². The standard InChI is InChI=1S/C21H21ClN4O3/c1-2-11-23-21(27)18-12-26(16-5-3-4-6-17(16)28-18)13-19-24-20(25-29-19)14-7-9-15(22)10-8-14/h3-10,18H,2,11-13H2,1H3,(H,23,27)/t18-/m0/s1. The molecule has 1 N–H and O–H groups in total. The molecule has 0 bridgehead atoms. The smallest absolute Gasteiger partial charge is 0.262 e. The Morgan fingerprint density at radius 3 is 2.83 bits per heavy atom.